The van der Waals surface area contributed by atoms with Crippen LogP contribution in [0.3, 0.4) is 0 Å². The minimum atomic E-state index is -0.738. The van der Waals surface area contributed by atoms with Crippen LogP contribution < -0.4 is 14.8 Å². The molecule has 1 aromatic rings. The lowest BCUT2D eigenvalue weighted by Gasteiger charge is -2.25. The first kappa shape index (κ1) is 15.1. The molecule has 1 aromatic carbocycles. The molecular weight excluding hydrogens is 284 g/mol. The Bertz CT molecular complexity index is 561. The zero-order chi connectivity index (χ0) is 15.5. The van der Waals surface area contributed by atoms with Gasteiger partial charge < -0.3 is 19.9 Å². The zero-order valence-electron chi connectivity index (χ0n) is 12.8. The number of carbonyl (C=O) groups is 1. The Labute approximate surface area is 130 Å². The van der Waals surface area contributed by atoms with Crippen LogP contribution in [0.1, 0.15) is 11.1 Å². The zero-order valence-corrected chi connectivity index (χ0v) is 12.8. The summed E-state index contributed by atoms with van der Waals surface area (Å²) in [6.45, 7) is 6.70. The Morgan fingerprint density at radius 2 is 2.09 bits per heavy atom. The Morgan fingerprint density at radius 3 is 2.82 bits per heavy atom. The van der Waals surface area contributed by atoms with Crippen LogP contribution in [-0.4, -0.2) is 55.4 Å². The lowest BCUT2D eigenvalue weighted by atomic mass is 10.1. The molecule has 2 N–H and O–H groups in total. The second kappa shape index (κ2) is 6.54. The second-order valence-corrected chi connectivity index (χ2v) is 5.90. The van der Waals surface area contributed by atoms with E-state index in [0.717, 1.165) is 42.3 Å². The first-order valence-corrected chi connectivity index (χ1v) is 7.68. The van der Waals surface area contributed by atoms with Gasteiger partial charge in [0.2, 0.25) is 0 Å². The quantitative estimate of drug-likeness (QED) is 0.863. The molecule has 6 nitrogen and oxygen atoms in total. The Balaban J connectivity index is 1.75. The van der Waals surface area contributed by atoms with Gasteiger partial charge in [0.1, 0.15) is 13.2 Å². The summed E-state index contributed by atoms with van der Waals surface area (Å²) in [6.07, 6.45) is 0. The molecule has 1 unspecified atom stereocenters. The van der Waals surface area contributed by atoms with Gasteiger partial charge in [-0.1, -0.05) is 0 Å². The predicted molar refractivity (Wildman–Crippen MR) is 81.4 cm³/mol. The van der Waals surface area contributed by atoms with Crippen LogP contribution >= 0.6 is 0 Å². The summed E-state index contributed by atoms with van der Waals surface area (Å²) in [5.41, 5.74) is 2.31. The molecule has 0 aromatic heterocycles. The molecule has 1 saturated heterocycles. The minimum Gasteiger partial charge on any atom is -0.486 e. The van der Waals surface area contributed by atoms with Gasteiger partial charge in [-0.3, -0.25) is 9.69 Å². The molecule has 6 heteroatoms. The van der Waals surface area contributed by atoms with E-state index < -0.39 is 5.97 Å². The molecule has 3 rings (SSSR count). The summed E-state index contributed by atoms with van der Waals surface area (Å²) in [4.78, 5) is 13.5. The Morgan fingerprint density at radius 1 is 1.36 bits per heavy atom. The van der Waals surface area contributed by atoms with Gasteiger partial charge in [0.15, 0.2) is 11.5 Å². The highest BCUT2D eigenvalue weighted by molar-refractivity contribution is 5.70. The Hall–Kier alpha value is -1.79. The lowest BCUT2D eigenvalue weighted by molar-refractivity contribution is -0.142. The first-order valence-electron chi connectivity index (χ1n) is 7.68. The largest absolute Gasteiger partial charge is 0.486 e. The summed E-state index contributed by atoms with van der Waals surface area (Å²) in [5, 5.41) is 12.4. The summed E-state index contributed by atoms with van der Waals surface area (Å²) in [5.74, 6) is 0.487. The normalized spacial score (nSPS) is 22.1. The maximum Gasteiger partial charge on any atom is 0.309 e. The molecule has 2 aliphatic rings. The smallest absolute Gasteiger partial charge is 0.309 e. The number of nitrogens with one attached hydrogen (secondary N) is 1. The monoisotopic (exact) mass is 306 g/mol. The predicted octanol–water partition coefficient (Wildman–Crippen LogP) is 0.872. The highest BCUT2D eigenvalue weighted by Crippen LogP contribution is 2.33. The summed E-state index contributed by atoms with van der Waals surface area (Å²) >= 11 is 0. The molecule has 1 fully saturated rings. The highest BCUT2D eigenvalue weighted by atomic mass is 16.6. The van der Waals surface area contributed by atoms with Crippen molar-refractivity contribution in [2.24, 2.45) is 5.92 Å². The van der Waals surface area contributed by atoms with Crippen LogP contribution in [0.2, 0.25) is 0 Å². The molecule has 0 bridgehead atoms. The number of hydrogen-bond donors (Lipinski definition) is 2. The van der Waals surface area contributed by atoms with Crippen LogP contribution in [0.5, 0.6) is 11.5 Å². The number of ether oxygens (including phenoxy) is 2. The molecule has 2 aliphatic heterocycles. The van der Waals surface area contributed by atoms with Crippen molar-refractivity contribution in [1.82, 2.24) is 10.2 Å². The fraction of sp³-hybridized carbons (Fsp3) is 0.562. The van der Waals surface area contributed by atoms with Crippen LogP contribution in [0, 0.1) is 12.8 Å². The molecule has 2 heterocycles. The molecule has 0 amide bonds. The van der Waals surface area contributed by atoms with Crippen LogP contribution in [0.4, 0.5) is 0 Å². The van der Waals surface area contributed by atoms with E-state index in [1.54, 1.807) is 0 Å². The van der Waals surface area contributed by atoms with Crippen molar-refractivity contribution in [2.45, 2.75) is 13.5 Å². The van der Waals surface area contributed by atoms with Gasteiger partial charge in [-0.25, -0.2) is 0 Å². The van der Waals surface area contributed by atoms with E-state index in [0.29, 0.717) is 26.3 Å². The lowest BCUT2D eigenvalue weighted by Crippen LogP contribution is -2.33. The number of hydrogen-bond acceptors (Lipinski definition) is 5. The fourth-order valence-corrected chi connectivity index (χ4v) is 2.93. The molecule has 0 aliphatic carbocycles. The number of rotatable bonds is 3. The first-order chi connectivity index (χ1) is 10.6. The van der Waals surface area contributed by atoms with Crippen molar-refractivity contribution in [3.63, 3.8) is 0 Å². The van der Waals surface area contributed by atoms with Crippen LogP contribution in [-0.2, 0) is 11.3 Å². The van der Waals surface area contributed by atoms with Crippen molar-refractivity contribution in [3.8, 4) is 11.5 Å². The van der Waals surface area contributed by atoms with E-state index in [4.69, 9.17) is 9.47 Å². The van der Waals surface area contributed by atoms with Gasteiger partial charge in [-0.15, -0.1) is 0 Å². The van der Waals surface area contributed by atoms with Crippen molar-refractivity contribution in [2.75, 3.05) is 39.4 Å². The molecule has 1 atom stereocenters. The van der Waals surface area contributed by atoms with E-state index in [2.05, 4.69) is 17.1 Å². The maximum atomic E-state index is 11.3. The molecule has 22 heavy (non-hydrogen) atoms. The van der Waals surface area contributed by atoms with Crippen molar-refractivity contribution >= 4 is 5.97 Å². The van der Waals surface area contributed by atoms with Gasteiger partial charge >= 0.3 is 5.97 Å². The Kier molecular flexibility index (Phi) is 4.49. The summed E-state index contributed by atoms with van der Waals surface area (Å²) in [6, 6.07) is 4.03. The average molecular weight is 306 g/mol. The third-order valence-electron chi connectivity index (χ3n) is 4.22. The third-order valence-corrected chi connectivity index (χ3v) is 4.22. The van der Waals surface area contributed by atoms with Crippen LogP contribution in [0.15, 0.2) is 12.1 Å². The average Bonchev–Trinajstić information content (AvgIpc) is 2.74. The van der Waals surface area contributed by atoms with Gasteiger partial charge in [0.25, 0.3) is 0 Å². The molecule has 0 saturated carbocycles. The number of aryl methyl sites for hydroxylation is 1. The number of carboxylic acid groups (broad SMARTS) is 1. The van der Waals surface area contributed by atoms with Gasteiger partial charge in [0, 0.05) is 32.7 Å². The fourth-order valence-electron chi connectivity index (χ4n) is 2.93. The number of benzene rings is 1. The number of nitrogens with zero attached hydrogens (tertiary/aromatic N) is 1. The second-order valence-electron chi connectivity index (χ2n) is 5.90. The molecular formula is C16H22N2O4. The van der Waals surface area contributed by atoms with Crippen LogP contribution in [0.25, 0.3) is 0 Å². The topological polar surface area (TPSA) is 71.0 Å². The standard InChI is InChI=1S/C16H22N2O4/c1-11-6-14-15(22-5-4-21-14)7-12(11)9-18-3-2-17-8-13(10-18)16(19)20/h6-7,13,17H,2-5,8-10H2,1H3,(H,19,20). The van der Waals surface area contributed by atoms with Crippen molar-refractivity contribution in [1.29, 1.82) is 0 Å². The summed E-state index contributed by atoms with van der Waals surface area (Å²) < 4.78 is 11.2. The third kappa shape index (κ3) is 3.34. The maximum absolute atomic E-state index is 11.3. The van der Waals surface area contributed by atoms with E-state index >= 15 is 0 Å². The number of carboxylic acids is 1. The van der Waals surface area contributed by atoms with Crippen molar-refractivity contribution < 1.29 is 19.4 Å². The number of fused-ring (bicyclic) bond motifs is 1. The molecule has 0 radical (unpaired) electrons. The molecule has 120 valence electrons. The van der Waals surface area contributed by atoms with E-state index in [1.165, 1.54) is 0 Å². The number of aliphatic carboxylic acids is 1. The minimum absolute atomic E-state index is 0.361. The summed E-state index contributed by atoms with van der Waals surface area (Å²) in [7, 11) is 0. The van der Waals surface area contributed by atoms with E-state index in [-0.39, 0.29) is 5.92 Å². The van der Waals surface area contributed by atoms with Gasteiger partial charge in [-0.05, 0) is 30.2 Å². The van der Waals surface area contributed by atoms with E-state index in [9.17, 15) is 9.90 Å². The van der Waals surface area contributed by atoms with Gasteiger partial charge in [-0.2, -0.15) is 0 Å². The highest BCUT2D eigenvalue weighted by Gasteiger charge is 2.24. The molecule has 0 spiro atoms. The SMILES string of the molecule is Cc1cc2c(cc1CN1CCNCC(C(=O)O)C1)OCCO2. The van der Waals surface area contributed by atoms with Gasteiger partial charge in [0.05, 0.1) is 5.92 Å². The van der Waals surface area contributed by atoms with E-state index in [1.807, 2.05) is 12.1 Å². The van der Waals surface area contributed by atoms with Crippen molar-refractivity contribution in [3.05, 3.63) is 23.3 Å².